The lowest BCUT2D eigenvalue weighted by molar-refractivity contribution is 0.0700. The molecule has 4 rings (SSSR count). The molecule has 140 valence electrons. The van der Waals surface area contributed by atoms with Gasteiger partial charge in [0, 0.05) is 42.8 Å². The van der Waals surface area contributed by atoms with Crippen molar-refractivity contribution >= 4 is 11.6 Å². The van der Waals surface area contributed by atoms with Crippen LogP contribution in [0.3, 0.4) is 0 Å². The molecule has 6 heteroatoms. The fraction of sp³-hybridized carbons (Fsp3) is 0.286. The predicted molar refractivity (Wildman–Crippen MR) is 102 cm³/mol. The van der Waals surface area contributed by atoms with Crippen molar-refractivity contribution in [2.24, 2.45) is 0 Å². The van der Waals surface area contributed by atoms with Crippen molar-refractivity contribution in [3.05, 3.63) is 71.3 Å². The maximum Gasteiger partial charge on any atom is 0.140 e. The summed E-state index contributed by atoms with van der Waals surface area (Å²) in [5.41, 5.74) is 1.32. The van der Waals surface area contributed by atoms with E-state index in [2.05, 4.69) is 9.55 Å². The monoisotopic (exact) mass is 386 g/mol. The Labute approximate surface area is 162 Å². The van der Waals surface area contributed by atoms with Gasteiger partial charge in [-0.05, 0) is 37.1 Å². The molecule has 1 saturated heterocycles. The standard InChI is InChI=1S/C21H20ClFN2O2/c22-19-5-2-6-20(23)18(19)14-27-17-4-1-3-15(13-17)21-24-9-10-25(21)16-7-11-26-12-8-16/h1-6,9-10,13,16H,7-8,11-12,14H2. The van der Waals surface area contributed by atoms with Crippen molar-refractivity contribution in [3.8, 4) is 17.1 Å². The van der Waals surface area contributed by atoms with Crippen LogP contribution in [0.5, 0.6) is 5.75 Å². The summed E-state index contributed by atoms with van der Waals surface area (Å²) < 4.78 is 27.4. The lowest BCUT2D eigenvalue weighted by Gasteiger charge is -2.25. The van der Waals surface area contributed by atoms with E-state index in [1.807, 2.05) is 36.7 Å². The second kappa shape index (κ2) is 8.11. The zero-order valence-corrected chi connectivity index (χ0v) is 15.5. The Morgan fingerprint density at radius 2 is 2.00 bits per heavy atom. The van der Waals surface area contributed by atoms with E-state index in [1.165, 1.54) is 6.07 Å². The quantitative estimate of drug-likeness (QED) is 0.599. The number of ether oxygens (including phenoxy) is 2. The first-order valence-corrected chi connectivity index (χ1v) is 9.37. The fourth-order valence-electron chi connectivity index (χ4n) is 3.35. The van der Waals surface area contributed by atoms with Gasteiger partial charge in [0.15, 0.2) is 0 Å². The number of benzene rings is 2. The van der Waals surface area contributed by atoms with Gasteiger partial charge in [0.2, 0.25) is 0 Å². The Hall–Kier alpha value is -2.37. The summed E-state index contributed by atoms with van der Waals surface area (Å²) in [6, 6.07) is 12.7. The summed E-state index contributed by atoms with van der Waals surface area (Å²) >= 11 is 6.07. The number of halogens is 2. The molecule has 1 aliphatic heterocycles. The second-order valence-corrected chi connectivity index (χ2v) is 6.93. The smallest absolute Gasteiger partial charge is 0.140 e. The summed E-state index contributed by atoms with van der Waals surface area (Å²) in [6.45, 7) is 1.62. The van der Waals surface area contributed by atoms with Crippen LogP contribution in [0.25, 0.3) is 11.4 Å². The molecule has 3 aromatic rings. The lowest BCUT2D eigenvalue weighted by Crippen LogP contribution is -2.19. The van der Waals surface area contributed by atoms with E-state index in [-0.39, 0.29) is 12.4 Å². The molecule has 1 aliphatic rings. The summed E-state index contributed by atoms with van der Waals surface area (Å²) in [7, 11) is 0. The maximum atomic E-state index is 13.9. The molecule has 1 aromatic heterocycles. The fourth-order valence-corrected chi connectivity index (χ4v) is 3.56. The highest BCUT2D eigenvalue weighted by Gasteiger charge is 2.19. The molecular weight excluding hydrogens is 367 g/mol. The maximum absolute atomic E-state index is 13.9. The normalized spacial score (nSPS) is 15.0. The third-order valence-corrected chi connectivity index (χ3v) is 5.14. The number of rotatable bonds is 5. The zero-order chi connectivity index (χ0) is 18.6. The van der Waals surface area contributed by atoms with Gasteiger partial charge in [-0.2, -0.15) is 0 Å². The average Bonchev–Trinajstić information content (AvgIpc) is 3.18. The van der Waals surface area contributed by atoms with Crippen LogP contribution in [0.1, 0.15) is 24.4 Å². The van der Waals surface area contributed by atoms with Gasteiger partial charge in [-0.25, -0.2) is 9.37 Å². The van der Waals surface area contributed by atoms with Gasteiger partial charge in [0.05, 0.1) is 5.02 Å². The molecule has 0 amide bonds. The highest BCUT2D eigenvalue weighted by atomic mass is 35.5. The molecule has 2 heterocycles. The van der Waals surface area contributed by atoms with Crippen LogP contribution in [-0.2, 0) is 11.3 Å². The molecule has 0 radical (unpaired) electrons. The topological polar surface area (TPSA) is 36.3 Å². The Morgan fingerprint density at radius 1 is 1.19 bits per heavy atom. The van der Waals surface area contributed by atoms with Crippen LogP contribution in [0.15, 0.2) is 54.9 Å². The number of imidazole rings is 1. The van der Waals surface area contributed by atoms with Crippen molar-refractivity contribution in [1.29, 1.82) is 0 Å². The van der Waals surface area contributed by atoms with E-state index < -0.39 is 0 Å². The first-order valence-electron chi connectivity index (χ1n) is 8.99. The van der Waals surface area contributed by atoms with E-state index in [4.69, 9.17) is 21.1 Å². The Balaban J connectivity index is 1.54. The SMILES string of the molecule is Fc1cccc(Cl)c1COc1cccc(-c2nccn2C2CCOCC2)c1. The van der Waals surface area contributed by atoms with E-state index in [9.17, 15) is 4.39 Å². The minimum absolute atomic E-state index is 0.0728. The largest absolute Gasteiger partial charge is 0.489 e. The number of aromatic nitrogens is 2. The number of nitrogens with zero attached hydrogens (tertiary/aromatic N) is 2. The highest BCUT2D eigenvalue weighted by Crippen LogP contribution is 2.29. The molecule has 27 heavy (non-hydrogen) atoms. The van der Waals surface area contributed by atoms with Gasteiger partial charge in [-0.3, -0.25) is 0 Å². The molecular formula is C21H20ClFN2O2. The van der Waals surface area contributed by atoms with Crippen LogP contribution in [0.2, 0.25) is 5.02 Å². The van der Waals surface area contributed by atoms with Gasteiger partial charge < -0.3 is 14.0 Å². The van der Waals surface area contributed by atoms with E-state index in [1.54, 1.807) is 12.1 Å². The minimum atomic E-state index is -0.367. The van der Waals surface area contributed by atoms with E-state index in [0.717, 1.165) is 37.4 Å². The first-order chi connectivity index (χ1) is 13.2. The third kappa shape index (κ3) is 3.99. The minimum Gasteiger partial charge on any atom is -0.489 e. The van der Waals surface area contributed by atoms with Gasteiger partial charge >= 0.3 is 0 Å². The van der Waals surface area contributed by atoms with E-state index >= 15 is 0 Å². The Kier molecular flexibility index (Phi) is 5.41. The van der Waals surface area contributed by atoms with Crippen molar-refractivity contribution in [1.82, 2.24) is 9.55 Å². The molecule has 0 atom stereocenters. The third-order valence-electron chi connectivity index (χ3n) is 4.79. The summed E-state index contributed by atoms with van der Waals surface area (Å²) in [4.78, 5) is 4.53. The Morgan fingerprint density at radius 3 is 2.81 bits per heavy atom. The Bertz CT molecular complexity index is 902. The van der Waals surface area contributed by atoms with Gasteiger partial charge in [-0.1, -0.05) is 29.8 Å². The summed E-state index contributed by atoms with van der Waals surface area (Å²) in [5.74, 6) is 1.18. The van der Waals surface area contributed by atoms with Crippen LogP contribution < -0.4 is 4.74 Å². The second-order valence-electron chi connectivity index (χ2n) is 6.52. The number of hydrogen-bond acceptors (Lipinski definition) is 3. The number of hydrogen-bond donors (Lipinski definition) is 0. The van der Waals surface area contributed by atoms with E-state index in [0.29, 0.717) is 22.4 Å². The predicted octanol–water partition coefficient (Wildman–Crippen LogP) is 5.27. The molecule has 0 spiro atoms. The summed E-state index contributed by atoms with van der Waals surface area (Å²) in [5, 5.41) is 0.362. The van der Waals surface area contributed by atoms with Gasteiger partial charge in [0.25, 0.3) is 0 Å². The molecule has 0 N–H and O–H groups in total. The molecule has 0 bridgehead atoms. The molecule has 4 nitrogen and oxygen atoms in total. The lowest BCUT2D eigenvalue weighted by atomic mass is 10.1. The van der Waals surface area contributed by atoms with Crippen LogP contribution in [0, 0.1) is 5.82 Å². The molecule has 0 aliphatic carbocycles. The molecule has 0 unspecified atom stereocenters. The molecule has 1 fully saturated rings. The van der Waals surface area contributed by atoms with Crippen molar-refractivity contribution in [3.63, 3.8) is 0 Å². The van der Waals surface area contributed by atoms with Crippen LogP contribution >= 0.6 is 11.6 Å². The van der Waals surface area contributed by atoms with Crippen molar-refractivity contribution in [2.45, 2.75) is 25.5 Å². The summed E-state index contributed by atoms with van der Waals surface area (Å²) in [6.07, 6.45) is 5.78. The van der Waals surface area contributed by atoms with Crippen LogP contribution in [0.4, 0.5) is 4.39 Å². The van der Waals surface area contributed by atoms with Gasteiger partial charge in [0.1, 0.15) is 24.0 Å². The van der Waals surface area contributed by atoms with Crippen molar-refractivity contribution in [2.75, 3.05) is 13.2 Å². The molecule has 0 saturated carbocycles. The zero-order valence-electron chi connectivity index (χ0n) is 14.8. The molecule has 2 aromatic carbocycles. The van der Waals surface area contributed by atoms with Crippen LogP contribution in [-0.4, -0.2) is 22.8 Å². The van der Waals surface area contributed by atoms with Gasteiger partial charge in [-0.15, -0.1) is 0 Å². The average molecular weight is 387 g/mol. The van der Waals surface area contributed by atoms with Crippen molar-refractivity contribution < 1.29 is 13.9 Å². The first kappa shape index (κ1) is 18.0. The highest BCUT2D eigenvalue weighted by molar-refractivity contribution is 6.31.